The summed E-state index contributed by atoms with van der Waals surface area (Å²) in [7, 11) is 0. The highest BCUT2D eigenvalue weighted by molar-refractivity contribution is 5.97. The first-order valence-electron chi connectivity index (χ1n) is 6.87. The van der Waals surface area contributed by atoms with Crippen LogP contribution in [0.5, 0.6) is 0 Å². The fraction of sp³-hybridized carbons (Fsp3) is 0.222. The first kappa shape index (κ1) is 12.2. The van der Waals surface area contributed by atoms with E-state index in [-0.39, 0.29) is 0 Å². The molecule has 0 saturated carbocycles. The second-order valence-corrected chi connectivity index (χ2v) is 5.20. The van der Waals surface area contributed by atoms with Gasteiger partial charge in [0.1, 0.15) is 0 Å². The van der Waals surface area contributed by atoms with E-state index in [1.165, 1.54) is 33.4 Å². The van der Waals surface area contributed by atoms with Gasteiger partial charge in [-0.15, -0.1) is 0 Å². The van der Waals surface area contributed by atoms with E-state index in [4.69, 9.17) is 5.73 Å². The molecule has 0 amide bonds. The Morgan fingerprint density at radius 3 is 2.58 bits per heavy atom. The van der Waals surface area contributed by atoms with Gasteiger partial charge in [-0.2, -0.15) is 0 Å². The van der Waals surface area contributed by atoms with E-state index in [0.717, 1.165) is 12.8 Å². The van der Waals surface area contributed by atoms with E-state index in [1.54, 1.807) is 0 Å². The van der Waals surface area contributed by atoms with Gasteiger partial charge in [0, 0.05) is 0 Å². The van der Waals surface area contributed by atoms with Crippen LogP contribution in [0.3, 0.4) is 0 Å². The van der Waals surface area contributed by atoms with Crippen LogP contribution in [0.25, 0.3) is 11.1 Å². The standard InChI is InChI=1S/C18H19N/c1-13-7-8-15-12-18(14-5-3-2-4-6-14)16(9-10-19)17(15)11-13/h2-8,11H,9-10,12,19H2,1H3. The van der Waals surface area contributed by atoms with Gasteiger partial charge in [-0.1, -0.05) is 54.1 Å². The van der Waals surface area contributed by atoms with Gasteiger partial charge < -0.3 is 5.73 Å². The minimum Gasteiger partial charge on any atom is -0.330 e. The van der Waals surface area contributed by atoms with Gasteiger partial charge in [-0.3, -0.25) is 0 Å². The van der Waals surface area contributed by atoms with Gasteiger partial charge >= 0.3 is 0 Å². The topological polar surface area (TPSA) is 26.0 Å². The van der Waals surface area contributed by atoms with E-state index in [2.05, 4.69) is 55.5 Å². The van der Waals surface area contributed by atoms with Crippen LogP contribution in [0.2, 0.25) is 0 Å². The maximum Gasteiger partial charge on any atom is -0.00108 e. The van der Waals surface area contributed by atoms with Crippen molar-refractivity contribution in [1.29, 1.82) is 0 Å². The molecule has 0 bridgehead atoms. The predicted molar refractivity (Wildman–Crippen MR) is 81.8 cm³/mol. The Hall–Kier alpha value is -1.86. The van der Waals surface area contributed by atoms with Gasteiger partial charge in [-0.05, 0) is 54.1 Å². The average molecular weight is 249 g/mol. The van der Waals surface area contributed by atoms with Crippen molar-refractivity contribution in [2.75, 3.05) is 6.54 Å². The van der Waals surface area contributed by atoms with Crippen molar-refractivity contribution in [1.82, 2.24) is 0 Å². The lowest BCUT2D eigenvalue weighted by atomic mass is 9.98. The molecular weight excluding hydrogens is 230 g/mol. The Kier molecular flexibility index (Phi) is 3.22. The summed E-state index contributed by atoms with van der Waals surface area (Å²) in [5.74, 6) is 0. The number of hydrogen-bond acceptors (Lipinski definition) is 1. The molecule has 1 aliphatic carbocycles. The zero-order valence-electron chi connectivity index (χ0n) is 11.3. The largest absolute Gasteiger partial charge is 0.330 e. The molecule has 0 radical (unpaired) electrons. The number of rotatable bonds is 3. The first-order chi connectivity index (χ1) is 9.29. The monoisotopic (exact) mass is 249 g/mol. The fourth-order valence-electron chi connectivity index (χ4n) is 2.93. The van der Waals surface area contributed by atoms with Crippen molar-refractivity contribution in [3.05, 3.63) is 70.8 Å². The molecule has 0 aliphatic heterocycles. The quantitative estimate of drug-likeness (QED) is 0.879. The number of allylic oxidation sites excluding steroid dienone is 1. The minimum atomic E-state index is 0.707. The molecule has 96 valence electrons. The molecule has 0 heterocycles. The predicted octanol–water partition coefficient (Wildman–Crippen LogP) is 3.81. The van der Waals surface area contributed by atoms with Gasteiger partial charge in [0.2, 0.25) is 0 Å². The summed E-state index contributed by atoms with van der Waals surface area (Å²) in [6.07, 6.45) is 2.00. The van der Waals surface area contributed by atoms with Gasteiger partial charge in [0.25, 0.3) is 0 Å². The third-order valence-electron chi connectivity index (χ3n) is 3.84. The van der Waals surface area contributed by atoms with Crippen LogP contribution in [-0.2, 0) is 6.42 Å². The zero-order chi connectivity index (χ0) is 13.2. The van der Waals surface area contributed by atoms with Gasteiger partial charge in [0.15, 0.2) is 0 Å². The van der Waals surface area contributed by atoms with E-state index in [1.807, 2.05) is 0 Å². The third-order valence-corrected chi connectivity index (χ3v) is 3.84. The molecule has 3 rings (SSSR count). The molecule has 0 fully saturated rings. The zero-order valence-corrected chi connectivity index (χ0v) is 11.3. The summed E-state index contributed by atoms with van der Waals surface area (Å²) in [5.41, 5.74) is 14.2. The Morgan fingerprint density at radius 1 is 1.05 bits per heavy atom. The molecule has 1 aliphatic rings. The first-order valence-corrected chi connectivity index (χ1v) is 6.87. The normalized spacial score (nSPS) is 13.8. The number of nitrogens with two attached hydrogens (primary N) is 1. The van der Waals surface area contributed by atoms with Crippen molar-refractivity contribution in [3.63, 3.8) is 0 Å². The SMILES string of the molecule is Cc1ccc2c(c1)C(CCN)=C(c1ccccc1)C2. The van der Waals surface area contributed by atoms with Crippen LogP contribution in [0.1, 0.15) is 28.7 Å². The lowest BCUT2D eigenvalue weighted by Gasteiger charge is -2.08. The van der Waals surface area contributed by atoms with E-state index in [0.29, 0.717) is 6.54 Å². The Morgan fingerprint density at radius 2 is 1.84 bits per heavy atom. The van der Waals surface area contributed by atoms with Crippen LogP contribution in [-0.4, -0.2) is 6.54 Å². The molecule has 0 spiro atoms. The van der Waals surface area contributed by atoms with Crippen molar-refractivity contribution < 1.29 is 0 Å². The number of benzene rings is 2. The molecule has 2 N–H and O–H groups in total. The summed E-state index contributed by atoms with van der Waals surface area (Å²) in [6.45, 7) is 2.86. The number of aryl methyl sites for hydroxylation is 1. The summed E-state index contributed by atoms with van der Waals surface area (Å²) in [6, 6.07) is 17.4. The molecule has 2 aromatic rings. The van der Waals surface area contributed by atoms with Crippen molar-refractivity contribution in [2.45, 2.75) is 19.8 Å². The molecule has 19 heavy (non-hydrogen) atoms. The van der Waals surface area contributed by atoms with Crippen molar-refractivity contribution in [3.8, 4) is 0 Å². The third kappa shape index (κ3) is 2.22. The van der Waals surface area contributed by atoms with Crippen molar-refractivity contribution >= 4 is 11.1 Å². The van der Waals surface area contributed by atoms with Crippen LogP contribution in [0.4, 0.5) is 0 Å². The number of fused-ring (bicyclic) bond motifs is 1. The van der Waals surface area contributed by atoms with Crippen LogP contribution >= 0.6 is 0 Å². The summed E-state index contributed by atoms with van der Waals surface area (Å²) in [4.78, 5) is 0. The minimum absolute atomic E-state index is 0.707. The van der Waals surface area contributed by atoms with Gasteiger partial charge in [0.05, 0.1) is 0 Å². The Bertz CT molecular complexity index is 623. The molecule has 0 atom stereocenters. The van der Waals surface area contributed by atoms with Crippen molar-refractivity contribution in [2.24, 2.45) is 5.73 Å². The molecular formula is C18H19N. The molecule has 1 heteroatoms. The molecule has 0 saturated heterocycles. The highest BCUT2D eigenvalue weighted by atomic mass is 14.5. The Labute approximate surface area is 114 Å². The molecule has 2 aromatic carbocycles. The molecule has 0 unspecified atom stereocenters. The maximum absolute atomic E-state index is 5.81. The molecule has 1 nitrogen and oxygen atoms in total. The van der Waals surface area contributed by atoms with E-state index < -0.39 is 0 Å². The van der Waals surface area contributed by atoms with Crippen LogP contribution < -0.4 is 5.73 Å². The fourth-order valence-corrected chi connectivity index (χ4v) is 2.93. The Balaban J connectivity index is 2.12. The lowest BCUT2D eigenvalue weighted by Crippen LogP contribution is -2.00. The highest BCUT2D eigenvalue weighted by Crippen LogP contribution is 2.40. The maximum atomic E-state index is 5.81. The summed E-state index contributed by atoms with van der Waals surface area (Å²) in [5, 5.41) is 0. The van der Waals surface area contributed by atoms with Gasteiger partial charge in [-0.25, -0.2) is 0 Å². The second-order valence-electron chi connectivity index (χ2n) is 5.20. The summed E-state index contributed by atoms with van der Waals surface area (Å²) >= 11 is 0. The second kappa shape index (κ2) is 5.02. The van der Waals surface area contributed by atoms with Crippen LogP contribution in [0.15, 0.2) is 48.5 Å². The number of hydrogen-bond donors (Lipinski definition) is 1. The highest BCUT2D eigenvalue weighted by Gasteiger charge is 2.21. The van der Waals surface area contributed by atoms with Crippen LogP contribution in [0, 0.1) is 6.92 Å². The average Bonchev–Trinajstić information content (AvgIpc) is 2.79. The van der Waals surface area contributed by atoms with E-state index >= 15 is 0 Å². The van der Waals surface area contributed by atoms with E-state index in [9.17, 15) is 0 Å². The lowest BCUT2D eigenvalue weighted by molar-refractivity contribution is 1.02. The molecule has 0 aromatic heterocycles. The summed E-state index contributed by atoms with van der Waals surface area (Å²) < 4.78 is 0. The smallest absolute Gasteiger partial charge is 0.00108 e.